The number of rotatable bonds is 8. The smallest absolute Gasteiger partial charge is 0.320 e. The van der Waals surface area contributed by atoms with Crippen molar-refractivity contribution in [3.63, 3.8) is 0 Å². The molecule has 144 valence electrons. The SMILES string of the molecule is CC[C@@H]([C@H](C)OC(=O)CN(C)C)N1N=CN(Cc2ccc(C)cn2)C1O. The summed E-state index contributed by atoms with van der Waals surface area (Å²) in [5, 5.41) is 16.6. The van der Waals surface area contributed by atoms with Crippen molar-refractivity contribution in [2.45, 2.75) is 52.2 Å². The van der Waals surface area contributed by atoms with Gasteiger partial charge in [0.1, 0.15) is 12.4 Å². The Morgan fingerprint density at radius 2 is 2.15 bits per heavy atom. The fraction of sp³-hybridized carbons (Fsp3) is 0.611. The number of aliphatic hydroxyl groups excluding tert-OH is 1. The van der Waals surface area contributed by atoms with Gasteiger partial charge in [0.15, 0.2) is 0 Å². The third kappa shape index (κ3) is 5.15. The van der Waals surface area contributed by atoms with Gasteiger partial charge >= 0.3 is 5.97 Å². The van der Waals surface area contributed by atoms with Crippen LogP contribution in [0.1, 0.15) is 31.5 Å². The standard InChI is InChI=1S/C18H29N5O3/c1-6-16(14(3)26-17(24)11-21(4)5)23-18(25)22(12-20-23)10-15-8-7-13(2)9-19-15/h7-9,12,14,16,18,25H,6,10-11H2,1-5H3/t14-,16-,18?/m0/s1. The number of carbonyl (C=O) groups excluding carboxylic acids is 1. The third-order valence-electron chi connectivity index (χ3n) is 4.25. The summed E-state index contributed by atoms with van der Waals surface area (Å²) < 4.78 is 5.50. The van der Waals surface area contributed by atoms with Crippen molar-refractivity contribution in [3.05, 3.63) is 29.6 Å². The molecule has 8 nitrogen and oxygen atoms in total. The maximum absolute atomic E-state index is 11.9. The van der Waals surface area contributed by atoms with Crippen molar-refractivity contribution in [1.29, 1.82) is 0 Å². The molecule has 1 N–H and O–H groups in total. The molecule has 1 aromatic heterocycles. The van der Waals surface area contributed by atoms with Crippen LogP contribution in [-0.2, 0) is 16.1 Å². The molecule has 1 aromatic rings. The fourth-order valence-electron chi connectivity index (χ4n) is 2.87. The van der Waals surface area contributed by atoms with Crippen LogP contribution in [0.2, 0.25) is 0 Å². The van der Waals surface area contributed by atoms with Crippen molar-refractivity contribution >= 4 is 12.3 Å². The summed E-state index contributed by atoms with van der Waals surface area (Å²) in [4.78, 5) is 19.7. The molecule has 26 heavy (non-hydrogen) atoms. The molecule has 0 spiro atoms. The van der Waals surface area contributed by atoms with Gasteiger partial charge in [0.05, 0.1) is 24.8 Å². The summed E-state index contributed by atoms with van der Waals surface area (Å²) in [5.74, 6) is -0.292. The van der Waals surface area contributed by atoms with Crippen LogP contribution in [0.4, 0.5) is 0 Å². The summed E-state index contributed by atoms with van der Waals surface area (Å²) in [7, 11) is 3.63. The van der Waals surface area contributed by atoms with Gasteiger partial charge in [0.25, 0.3) is 0 Å². The lowest BCUT2D eigenvalue weighted by atomic mass is 10.1. The van der Waals surface area contributed by atoms with Gasteiger partial charge in [0, 0.05) is 6.20 Å². The maximum Gasteiger partial charge on any atom is 0.320 e. The molecule has 1 aliphatic rings. The number of aryl methyl sites for hydroxylation is 1. The molecule has 1 aliphatic heterocycles. The average molecular weight is 363 g/mol. The zero-order valence-electron chi connectivity index (χ0n) is 16.2. The minimum absolute atomic E-state index is 0.219. The Labute approximate surface area is 155 Å². The summed E-state index contributed by atoms with van der Waals surface area (Å²) >= 11 is 0. The van der Waals surface area contributed by atoms with E-state index in [1.54, 1.807) is 27.3 Å². The largest absolute Gasteiger partial charge is 0.459 e. The number of aromatic nitrogens is 1. The van der Waals surface area contributed by atoms with Gasteiger partial charge in [-0.1, -0.05) is 13.0 Å². The first-order chi connectivity index (χ1) is 12.3. The molecular formula is C18H29N5O3. The highest BCUT2D eigenvalue weighted by molar-refractivity contribution is 5.71. The van der Waals surface area contributed by atoms with E-state index in [0.29, 0.717) is 13.0 Å². The van der Waals surface area contributed by atoms with Crippen LogP contribution in [0, 0.1) is 6.92 Å². The van der Waals surface area contributed by atoms with Crippen molar-refractivity contribution in [2.24, 2.45) is 5.10 Å². The Bertz CT molecular complexity index is 620. The van der Waals surface area contributed by atoms with Crippen LogP contribution in [0.5, 0.6) is 0 Å². The Morgan fingerprint density at radius 1 is 1.42 bits per heavy atom. The number of pyridine rings is 1. The Morgan fingerprint density at radius 3 is 2.73 bits per heavy atom. The highest BCUT2D eigenvalue weighted by Gasteiger charge is 2.35. The van der Waals surface area contributed by atoms with Gasteiger partial charge in [0.2, 0.25) is 6.35 Å². The number of ether oxygens (including phenoxy) is 1. The summed E-state index contributed by atoms with van der Waals surface area (Å²) in [6.45, 7) is 6.46. The van der Waals surface area contributed by atoms with Crippen LogP contribution in [-0.4, -0.2) is 76.3 Å². The van der Waals surface area contributed by atoms with E-state index in [4.69, 9.17) is 4.74 Å². The van der Waals surface area contributed by atoms with Crippen LogP contribution >= 0.6 is 0 Å². The predicted molar refractivity (Wildman–Crippen MR) is 99.0 cm³/mol. The van der Waals surface area contributed by atoms with Gasteiger partial charge in [-0.3, -0.25) is 14.7 Å². The zero-order valence-corrected chi connectivity index (χ0v) is 16.2. The van der Waals surface area contributed by atoms with Gasteiger partial charge in [-0.05, 0) is 46.0 Å². The molecule has 0 bridgehead atoms. The third-order valence-corrected chi connectivity index (χ3v) is 4.25. The molecule has 3 atom stereocenters. The highest BCUT2D eigenvalue weighted by Crippen LogP contribution is 2.21. The van der Waals surface area contributed by atoms with Crippen LogP contribution in [0.3, 0.4) is 0 Å². The van der Waals surface area contributed by atoms with E-state index in [1.807, 2.05) is 47.0 Å². The quantitative estimate of drug-likeness (QED) is 0.690. The molecule has 2 rings (SSSR count). The summed E-state index contributed by atoms with van der Waals surface area (Å²) in [6.07, 6.45) is 2.77. The lowest BCUT2D eigenvalue weighted by Gasteiger charge is -2.34. The summed E-state index contributed by atoms with van der Waals surface area (Å²) in [5.41, 5.74) is 1.94. The van der Waals surface area contributed by atoms with Crippen molar-refractivity contribution in [3.8, 4) is 0 Å². The van der Waals surface area contributed by atoms with Crippen molar-refractivity contribution in [2.75, 3.05) is 20.6 Å². The molecule has 0 aliphatic carbocycles. The first kappa shape index (κ1) is 20.1. The van der Waals surface area contributed by atoms with Gasteiger partial charge < -0.3 is 14.7 Å². The normalized spacial score (nSPS) is 19.1. The Kier molecular flexibility index (Phi) is 6.93. The fourth-order valence-corrected chi connectivity index (χ4v) is 2.87. The van der Waals surface area contributed by atoms with Crippen molar-refractivity contribution in [1.82, 2.24) is 19.8 Å². The number of likely N-dealkylation sites (N-methyl/N-ethyl adjacent to an activating group) is 1. The number of aliphatic hydroxyl groups is 1. The van der Waals surface area contributed by atoms with Crippen LogP contribution < -0.4 is 0 Å². The first-order valence-corrected chi connectivity index (χ1v) is 8.83. The molecule has 0 aromatic carbocycles. The van der Waals surface area contributed by atoms with E-state index in [1.165, 1.54) is 0 Å². The van der Waals surface area contributed by atoms with Crippen molar-refractivity contribution < 1.29 is 14.6 Å². The van der Waals surface area contributed by atoms with E-state index < -0.39 is 12.5 Å². The second-order valence-electron chi connectivity index (χ2n) is 6.86. The molecule has 0 radical (unpaired) electrons. The lowest BCUT2D eigenvalue weighted by Crippen LogP contribution is -2.49. The number of hydrogen-bond donors (Lipinski definition) is 1. The number of hydrogen-bond acceptors (Lipinski definition) is 8. The summed E-state index contributed by atoms with van der Waals surface area (Å²) in [6, 6.07) is 3.70. The average Bonchev–Trinajstić information content (AvgIpc) is 2.91. The topological polar surface area (TPSA) is 81.5 Å². The molecular weight excluding hydrogens is 334 g/mol. The van der Waals surface area contributed by atoms with E-state index in [-0.39, 0.29) is 18.6 Å². The highest BCUT2D eigenvalue weighted by atomic mass is 16.5. The molecule has 0 fully saturated rings. The van der Waals surface area contributed by atoms with Gasteiger partial charge in [-0.2, -0.15) is 5.10 Å². The molecule has 0 amide bonds. The second-order valence-corrected chi connectivity index (χ2v) is 6.86. The van der Waals surface area contributed by atoms with E-state index in [0.717, 1.165) is 11.3 Å². The zero-order chi connectivity index (χ0) is 19.3. The van der Waals surface area contributed by atoms with Crippen LogP contribution in [0.15, 0.2) is 23.4 Å². The number of hydrazone groups is 1. The number of nitrogens with zero attached hydrogens (tertiary/aromatic N) is 5. The minimum Gasteiger partial charge on any atom is -0.459 e. The number of esters is 1. The van der Waals surface area contributed by atoms with E-state index >= 15 is 0 Å². The molecule has 0 saturated carbocycles. The van der Waals surface area contributed by atoms with E-state index in [9.17, 15) is 9.90 Å². The monoisotopic (exact) mass is 363 g/mol. The molecule has 0 saturated heterocycles. The Hall–Kier alpha value is -2.19. The lowest BCUT2D eigenvalue weighted by molar-refractivity contribution is -0.158. The molecule has 8 heteroatoms. The van der Waals surface area contributed by atoms with Gasteiger partial charge in [-0.15, -0.1) is 0 Å². The van der Waals surface area contributed by atoms with Crippen LogP contribution in [0.25, 0.3) is 0 Å². The number of carbonyl (C=O) groups is 1. The minimum atomic E-state index is -0.918. The first-order valence-electron chi connectivity index (χ1n) is 8.83. The molecule has 2 heterocycles. The predicted octanol–water partition coefficient (Wildman–Crippen LogP) is 0.999. The molecule has 1 unspecified atom stereocenters. The Balaban J connectivity index is 1.97. The maximum atomic E-state index is 11.9. The van der Waals surface area contributed by atoms with Gasteiger partial charge in [-0.25, -0.2) is 5.01 Å². The second kappa shape index (κ2) is 8.95. The van der Waals surface area contributed by atoms with E-state index in [2.05, 4.69) is 10.1 Å².